The zero-order valence-corrected chi connectivity index (χ0v) is 18.6. The Morgan fingerprint density at radius 2 is 1.53 bits per heavy atom. The zero-order valence-electron chi connectivity index (χ0n) is 18.6. The molecular weight excluding hydrogens is 408 g/mol. The lowest BCUT2D eigenvalue weighted by atomic mass is 10.3. The predicted molar refractivity (Wildman–Crippen MR) is 126 cm³/mol. The van der Waals surface area contributed by atoms with E-state index < -0.39 is 0 Å². The van der Waals surface area contributed by atoms with Gasteiger partial charge >= 0.3 is 0 Å². The molecule has 0 N–H and O–H groups in total. The van der Waals surface area contributed by atoms with Crippen LogP contribution in [0.15, 0.2) is 97.2 Å². The highest BCUT2D eigenvalue weighted by atomic mass is 16.6. The third-order valence-corrected chi connectivity index (χ3v) is 3.94. The van der Waals surface area contributed by atoms with Gasteiger partial charge in [0.2, 0.25) is 0 Å². The predicted octanol–water partition coefficient (Wildman–Crippen LogP) is 5.12. The second-order valence-corrected chi connectivity index (χ2v) is 6.44. The number of benzene rings is 1. The van der Waals surface area contributed by atoms with Crippen LogP contribution in [0.25, 0.3) is 0 Å². The summed E-state index contributed by atoms with van der Waals surface area (Å²) < 4.78 is 34.0. The molecule has 0 amide bonds. The minimum atomic E-state index is 0.356. The summed E-state index contributed by atoms with van der Waals surface area (Å²) >= 11 is 0. The van der Waals surface area contributed by atoms with Gasteiger partial charge in [0.1, 0.15) is 45.1 Å². The summed E-state index contributed by atoms with van der Waals surface area (Å²) in [4.78, 5) is 0. The lowest BCUT2D eigenvalue weighted by molar-refractivity contribution is 0.0884. The first kappa shape index (κ1) is 24.9. The van der Waals surface area contributed by atoms with Crippen molar-refractivity contribution < 1.29 is 28.4 Å². The maximum atomic E-state index is 5.81. The first-order valence-corrected chi connectivity index (χ1v) is 10.6. The average molecular weight is 441 g/mol. The fourth-order valence-electron chi connectivity index (χ4n) is 2.45. The maximum Gasteiger partial charge on any atom is 0.161 e. The van der Waals surface area contributed by atoms with Crippen LogP contribution in [0, 0.1) is 0 Å². The zero-order chi connectivity index (χ0) is 22.7. The average Bonchev–Trinajstić information content (AvgIpc) is 2.80. The lowest BCUT2D eigenvalue weighted by Crippen LogP contribution is -2.09. The fourth-order valence-corrected chi connectivity index (χ4v) is 2.45. The van der Waals surface area contributed by atoms with Crippen molar-refractivity contribution in [2.75, 3.05) is 46.2 Å². The largest absolute Gasteiger partial charge is 0.494 e. The molecule has 1 aliphatic heterocycles. The van der Waals surface area contributed by atoms with E-state index in [4.69, 9.17) is 28.4 Å². The van der Waals surface area contributed by atoms with E-state index in [0.717, 1.165) is 0 Å². The van der Waals surface area contributed by atoms with Crippen LogP contribution in [0.5, 0.6) is 11.5 Å². The highest BCUT2D eigenvalue weighted by Gasteiger charge is 2.04. The number of allylic oxidation sites excluding steroid dienone is 7. The molecule has 0 aromatic heterocycles. The highest BCUT2D eigenvalue weighted by Crippen LogP contribution is 2.26. The van der Waals surface area contributed by atoms with E-state index in [-0.39, 0.29) is 0 Å². The molecule has 6 nitrogen and oxygen atoms in total. The Kier molecular flexibility index (Phi) is 12.7. The molecule has 0 atom stereocenters. The SMILES string of the molecule is C=C1/C=C\C=C/COCCOC(/C=C\C=C/C)=C\OCCOc2ccccc2OCCO1. The van der Waals surface area contributed by atoms with Crippen LogP contribution in [0.2, 0.25) is 0 Å². The van der Waals surface area contributed by atoms with Crippen LogP contribution >= 0.6 is 0 Å². The Balaban J connectivity index is 1.99. The smallest absolute Gasteiger partial charge is 0.161 e. The summed E-state index contributed by atoms with van der Waals surface area (Å²) in [5.41, 5.74) is 0. The van der Waals surface area contributed by atoms with Crippen molar-refractivity contribution in [1.82, 2.24) is 0 Å². The highest BCUT2D eigenvalue weighted by molar-refractivity contribution is 5.39. The van der Waals surface area contributed by atoms with E-state index in [1.54, 1.807) is 12.3 Å². The molecule has 0 saturated carbocycles. The molecule has 172 valence electrons. The quantitative estimate of drug-likeness (QED) is 0.595. The van der Waals surface area contributed by atoms with Crippen molar-refractivity contribution in [3.05, 3.63) is 97.2 Å². The molecule has 0 spiro atoms. The normalized spacial score (nSPS) is 21.2. The summed E-state index contributed by atoms with van der Waals surface area (Å²) in [5, 5.41) is 0. The maximum absolute atomic E-state index is 5.81. The summed E-state index contributed by atoms with van der Waals surface area (Å²) in [7, 11) is 0. The second-order valence-electron chi connectivity index (χ2n) is 6.44. The number of rotatable bonds is 2. The van der Waals surface area contributed by atoms with Crippen LogP contribution in [0.3, 0.4) is 0 Å². The third kappa shape index (κ3) is 11.1. The molecule has 0 fully saturated rings. The first-order valence-electron chi connectivity index (χ1n) is 10.6. The Hall–Kier alpha value is -3.38. The van der Waals surface area contributed by atoms with Gasteiger partial charge in [0.15, 0.2) is 17.3 Å². The molecule has 6 heteroatoms. The molecule has 0 saturated heterocycles. The van der Waals surface area contributed by atoms with E-state index in [9.17, 15) is 0 Å². The summed E-state index contributed by atoms with van der Waals surface area (Å²) in [6, 6.07) is 7.50. The van der Waals surface area contributed by atoms with Crippen molar-refractivity contribution in [1.29, 1.82) is 0 Å². The van der Waals surface area contributed by atoms with Gasteiger partial charge in [0, 0.05) is 0 Å². The van der Waals surface area contributed by atoms with Crippen molar-refractivity contribution >= 4 is 0 Å². The number of hydrogen-bond donors (Lipinski definition) is 0. The topological polar surface area (TPSA) is 55.4 Å². The van der Waals surface area contributed by atoms with E-state index >= 15 is 0 Å². The summed E-state index contributed by atoms with van der Waals surface area (Å²) in [5.74, 6) is 2.46. The van der Waals surface area contributed by atoms with Crippen LogP contribution < -0.4 is 9.47 Å². The van der Waals surface area contributed by atoms with Gasteiger partial charge in [-0.15, -0.1) is 0 Å². The molecule has 0 aliphatic carbocycles. The van der Waals surface area contributed by atoms with Crippen molar-refractivity contribution in [3.63, 3.8) is 0 Å². The molecule has 1 heterocycles. The Morgan fingerprint density at radius 3 is 2.31 bits per heavy atom. The van der Waals surface area contributed by atoms with Gasteiger partial charge in [-0.3, -0.25) is 0 Å². The molecule has 1 aromatic carbocycles. The van der Waals surface area contributed by atoms with E-state index in [0.29, 0.717) is 69.3 Å². The number of para-hydroxylation sites is 2. The van der Waals surface area contributed by atoms with Crippen LogP contribution in [0.4, 0.5) is 0 Å². The standard InChI is InChI=1S/C26H32O6/c1-3-4-6-12-24-22-28-17-19-31-25-13-8-9-14-26(25)32-21-20-29-23(2)11-7-5-10-15-27-16-18-30-24/h3-14,22H,2,15-21H2,1H3/b4-3-,10-5-,11-7-,12-6-,24-22-. The second kappa shape index (κ2) is 16.3. The lowest BCUT2D eigenvalue weighted by Gasteiger charge is -2.13. The van der Waals surface area contributed by atoms with Crippen molar-refractivity contribution in [2.45, 2.75) is 6.92 Å². The van der Waals surface area contributed by atoms with Gasteiger partial charge < -0.3 is 28.4 Å². The Morgan fingerprint density at radius 1 is 0.812 bits per heavy atom. The fraction of sp³-hybridized carbons (Fsp3) is 0.308. The number of fused-ring (bicyclic) bond motifs is 1. The van der Waals surface area contributed by atoms with Gasteiger partial charge in [-0.05, 0) is 31.2 Å². The molecule has 0 radical (unpaired) electrons. The van der Waals surface area contributed by atoms with Crippen LogP contribution in [-0.4, -0.2) is 46.2 Å². The molecule has 1 aromatic rings. The van der Waals surface area contributed by atoms with Gasteiger partial charge in [-0.2, -0.15) is 0 Å². The molecule has 32 heavy (non-hydrogen) atoms. The Labute approximate surface area is 190 Å². The van der Waals surface area contributed by atoms with Crippen LogP contribution in [-0.2, 0) is 18.9 Å². The minimum absolute atomic E-state index is 0.356. The van der Waals surface area contributed by atoms with Gasteiger partial charge in [0.25, 0.3) is 0 Å². The molecular formula is C26H32O6. The summed E-state index contributed by atoms with van der Waals surface area (Å²) in [6.07, 6.45) is 16.6. The van der Waals surface area contributed by atoms with Gasteiger partial charge in [-0.1, -0.05) is 55.2 Å². The molecule has 1 aliphatic rings. The minimum Gasteiger partial charge on any atom is -0.494 e. The number of ether oxygens (including phenoxy) is 6. The van der Waals surface area contributed by atoms with E-state index in [1.165, 1.54) is 0 Å². The van der Waals surface area contributed by atoms with E-state index in [2.05, 4.69) is 6.58 Å². The number of hydrogen-bond acceptors (Lipinski definition) is 6. The Bertz CT molecular complexity index is 819. The molecule has 0 unspecified atom stereocenters. The van der Waals surface area contributed by atoms with E-state index in [1.807, 2.05) is 73.7 Å². The summed E-state index contributed by atoms with van der Waals surface area (Å²) in [6.45, 7) is 8.62. The van der Waals surface area contributed by atoms with Crippen LogP contribution in [0.1, 0.15) is 6.92 Å². The molecule has 2 rings (SSSR count). The van der Waals surface area contributed by atoms with Crippen molar-refractivity contribution in [3.8, 4) is 11.5 Å². The molecule has 0 bridgehead atoms. The van der Waals surface area contributed by atoms with Crippen molar-refractivity contribution in [2.24, 2.45) is 0 Å². The monoisotopic (exact) mass is 440 g/mol. The first-order chi connectivity index (χ1) is 15.8. The third-order valence-electron chi connectivity index (χ3n) is 3.94. The van der Waals surface area contributed by atoms with Gasteiger partial charge in [0.05, 0.1) is 13.2 Å². The van der Waals surface area contributed by atoms with Gasteiger partial charge in [-0.25, -0.2) is 0 Å².